The Morgan fingerprint density at radius 1 is 1.50 bits per heavy atom. The van der Waals surface area contributed by atoms with Crippen LogP contribution in [0.15, 0.2) is 18.2 Å². The third-order valence-electron chi connectivity index (χ3n) is 3.17. The maximum absolute atomic E-state index is 11.3. The fourth-order valence-electron chi connectivity index (χ4n) is 2.01. The monoisotopic (exact) mass is 250 g/mol. The van der Waals surface area contributed by atoms with E-state index in [2.05, 4.69) is 11.4 Å². The maximum atomic E-state index is 11.3. The maximum Gasteiger partial charge on any atom is 0.219 e. The molecule has 1 rings (SSSR count). The van der Waals surface area contributed by atoms with Crippen molar-refractivity contribution in [2.24, 2.45) is 5.73 Å². The fourth-order valence-corrected chi connectivity index (χ4v) is 2.01. The molecule has 0 saturated carbocycles. The predicted octanol–water partition coefficient (Wildman–Crippen LogP) is 1.57. The molecule has 0 fully saturated rings. The molecule has 0 radical (unpaired) electrons. The zero-order chi connectivity index (χ0) is 13.5. The normalized spacial score (nSPS) is 12.0. The number of rotatable bonds is 6. The van der Waals surface area contributed by atoms with Crippen molar-refractivity contribution < 1.29 is 9.53 Å². The van der Waals surface area contributed by atoms with Gasteiger partial charge < -0.3 is 15.8 Å². The second kappa shape index (κ2) is 7.01. The van der Waals surface area contributed by atoms with Crippen LogP contribution in [0.25, 0.3) is 0 Å². The molecular formula is C14H22N2O2. The van der Waals surface area contributed by atoms with Gasteiger partial charge >= 0.3 is 0 Å². The molecule has 100 valence electrons. The molecule has 0 aromatic heterocycles. The van der Waals surface area contributed by atoms with Gasteiger partial charge in [-0.3, -0.25) is 4.79 Å². The number of carbonyl (C=O) groups excluding carboxylic acids is 1. The molecular weight excluding hydrogens is 228 g/mol. The highest BCUT2D eigenvalue weighted by Gasteiger charge is 2.13. The van der Waals surface area contributed by atoms with E-state index in [0.717, 1.165) is 17.7 Å². The van der Waals surface area contributed by atoms with E-state index in [1.54, 1.807) is 14.2 Å². The van der Waals surface area contributed by atoms with E-state index < -0.39 is 0 Å². The number of hydrogen-bond donors (Lipinski definition) is 2. The Hall–Kier alpha value is -1.55. The van der Waals surface area contributed by atoms with E-state index in [9.17, 15) is 4.79 Å². The van der Waals surface area contributed by atoms with Crippen molar-refractivity contribution in [1.29, 1.82) is 0 Å². The second-order valence-corrected chi connectivity index (χ2v) is 4.37. The first kappa shape index (κ1) is 14.5. The average molecular weight is 250 g/mol. The molecule has 0 aliphatic carbocycles. The highest BCUT2D eigenvalue weighted by Crippen LogP contribution is 2.25. The van der Waals surface area contributed by atoms with Crippen molar-refractivity contribution in [1.82, 2.24) is 5.32 Å². The molecule has 0 heterocycles. The van der Waals surface area contributed by atoms with Gasteiger partial charge in [-0.05, 0) is 43.0 Å². The number of nitrogens with two attached hydrogens (primary N) is 1. The second-order valence-electron chi connectivity index (χ2n) is 4.37. The lowest BCUT2D eigenvalue weighted by Gasteiger charge is -2.16. The molecule has 0 saturated heterocycles. The minimum absolute atomic E-state index is 0.0543. The Labute approximate surface area is 109 Å². The van der Waals surface area contributed by atoms with Crippen molar-refractivity contribution in [2.45, 2.75) is 25.7 Å². The molecule has 0 bridgehead atoms. The number of methoxy groups -OCH3 is 1. The number of benzene rings is 1. The van der Waals surface area contributed by atoms with Crippen LogP contribution in [0.4, 0.5) is 0 Å². The van der Waals surface area contributed by atoms with Gasteiger partial charge in [0.15, 0.2) is 0 Å². The van der Waals surface area contributed by atoms with Crippen LogP contribution in [0.2, 0.25) is 0 Å². The summed E-state index contributed by atoms with van der Waals surface area (Å²) in [5.41, 5.74) is 8.05. The standard InChI is InChI=1S/C14H22N2O2/c1-10-8-11(4-6-13(10)18-3)12(9-15)5-7-14(17)16-2/h4,6,8,12H,5,7,9,15H2,1-3H3,(H,16,17). The lowest BCUT2D eigenvalue weighted by molar-refractivity contribution is -0.120. The van der Waals surface area contributed by atoms with Crippen molar-refractivity contribution >= 4 is 5.91 Å². The number of amides is 1. The molecule has 0 spiro atoms. The van der Waals surface area contributed by atoms with Crippen LogP contribution in [0.1, 0.15) is 29.9 Å². The van der Waals surface area contributed by atoms with E-state index in [1.165, 1.54) is 5.56 Å². The summed E-state index contributed by atoms with van der Waals surface area (Å²) in [5.74, 6) is 1.14. The minimum Gasteiger partial charge on any atom is -0.496 e. The van der Waals surface area contributed by atoms with Gasteiger partial charge in [0.1, 0.15) is 5.75 Å². The molecule has 1 amide bonds. The quantitative estimate of drug-likeness (QED) is 0.805. The van der Waals surface area contributed by atoms with Crippen LogP contribution < -0.4 is 15.8 Å². The summed E-state index contributed by atoms with van der Waals surface area (Å²) < 4.78 is 5.23. The van der Waals surface area contributed by atoms with Gasteiger partial charge in [-0.25, -0.2) is 0 Å². The molecule has 1 unspecified atom stereocenters. The molecule has 4 heteroatoms. The zero-order valence-electron chi connectivity index (χ0n) is 11.3. The van der Waals surface area contributed by atoms with Crippen molar-refractivity contribution in [3.8, 4) is 5.75 Å². The van der Waals surface area contributed by atoms with E-state index in [0.29, 0.717) is 13.0 Å². The Bertz CT molecular complexity index is 405. The Morgan fingerprint density at radius 3 is 2.72 bits per heavy atom. The van der Waals surface area contributed by atoms with E-state index in [4.69, 9.17) is 10.5 Å². The Balaban J connectivity index is 2.75. The van der Waals surface area contributed by atoms with Gasteiger partial charge in [0.05, 0.1) is 7.11 Å². The molecule has 0 aliphatic rings. The summed E-state index contributed by atoms with van der Waals surface area (Å²) >= 11 is 0. The van der Waals surface area contributed by atoms with Gasteiger partial charge in [0.25, 0.3) is 0 Å². The van der Waals surface area contributed by atoms with Gasteiger partial charge in [-0.2, -0.15) is 0 Å². The number of aryl methyl sites for hydroxylation is 1. The first-order valence-electron chi connectivity index (χ1n) is 6.17. The summed E-state index contributed by atoms with van der Waals surface area (Å²) in [5, 5.41) is 2.63. The van der Waals surface area contributed by atoms with Crippen LogP contribution >= 0.6 is 0 Å². The number of nitrogens with one attached hydrogen (secondary N) is 1. The third-order valence-corrected chi connectivity index (χ3v) is 3.17. The van der Waals surface area contributed by atoms with Gasteiger partial charge in [-0.1, -0.05) is 12.1 Å². The molecule has 1 atom stereocenters. The molecule has 0 aliphatic heterocycles. The lowest BCUT2D eigenvalue weighted by Crippen LogP contribution is -2.20. The molecule has 18 heavy (non-hydrogen) atoms. The number of carbonyl (C=O) groups is 1. The van der Waals surface area contributed by atoms with E-state index in [1.807, 2.05) is 19.1 Å². The van der Waals surface area contributed by atoms with Gasteiger partial charge in [0.2, 0.25) is 5.91 Å². The fraction of sp³-hybridized carbons (Fsp3) is 0.500. The minimum atomic E-state index is 0.0543. The number of hydrogen-bond acceptors (Lipinski definition) is 3. The molecule has 1 aromatic carbocycles. The molecule has 1 aromatic rings. The van der Waals surface area contributed by atoms with Crippen LogP contribution in [0.3, 0.4) is 0 Å². The smallest absolute Gasteiger partial charge is 0.219 e. The van der Waals surface area contributed by atoms with Crippen LogP contribution in [0.5, 0.6) is 5.75 Å². The number of ether oxygens (including phenoxy) is 1. The average Bonchev–Trinajstić information content (AvgIpc) is 2.39. The zero-order valence-corrected chi connectivity index (χ0v) is 11.3. The third kappa shape index (κ3) is 3.74. The SMILES string of the molecule is CNC(=O)CCC(CN)c1ccc(OC)c(C)c1. The Morgan fingerprint density at radius 2 is 2.22 bits per heavy atom. The highest BCUT2D eigenvalue weighted by atomic mass is 16.5. The topological polar surface area (TPSA) is 64.4 Å². The largest absolute Gasteiger partial charge is 0.496 e. The predicted molar refractivity (Wildman–Crippen MR) is 72.8 cm³/mol. The van der Waals surface area contributed by atoms with Crippen molar-refractivity contribution in [3.05, 3.63) is 29.3 Å². The highest BCUT2D eigenvalue weighted by molar-refractivity contribution is 5.75. The molecule has 3 N–H and O–H groups in total. The van der Waals surface area contributed by atoms with E-state index >= 15 is 0 Å². The van der Waals surface area contributed by atoms with Crippen LogP contribution in [0, 0.1) is 6.92 Å². The summed E-state index contributed by atoms with van der Waals surface area (Å²) in [4.78, 5) is 11.3. The van der Waals surface area contributed by atoms with Crippen LogP contribution in [-0.4, -0.2) is 26.6 Å². The van der Waals surface area contributed by atoms with Crippen molar-refractivity contribution in [2.75, 3.05) is 20.7 Å². The summed E-state index contributed by atoms with van der Waals surface area (Å²) in [6.07, 6.45) is 1.27. The van der Waals surface area contributed by atoms with Crippen molar-refractivity contribution in [3.63, 3.8) is 0 Å². The van der Waals surface area contributed by atoms with E-state index in [-0.39, 0.29) is 11.8 Å². The van der Waals surface area contributed by atoms with Gasteiger partial charge in [0, 0.05) is 13.5 Å². The first-order valence-corrected chi connectivity index (χ1v) is 6.17. The van der Waals surface area contributed by atoms with Gasteiger partial charge in [-0.15, -0.1) is 0 Å². The molecule has 4 nitrogen and oxygen atoms in total. The summed E-state index contributed by atoms with van der Waals surface area (Å²) in [7, 11) is 3.31. The lowest BCUT2D eigenvalue weighted by atomic mass is 9.93. The summed E-state index contributed by atoms with van der Waals surface area (Å²) in [6, 6.07) is 6.06. The summed E-state index contributed by atoms with van der Waals surface area (Å²) in [6.45, 7) is 2.55. The first-order chi connectivity index (χ1) is 8.62. The Kier molecular flexibility index (Phi) is 5.65. The van der Waals surface area contributed by atoms with Crippen LogP contribution in [-0.2, 0) is 4.79 Å².